The van der Waals surface area contributed by atoms with Crippen molar-refractivity contribution in [2.75, 3.05) is 18.2 Å². The quantitative estimate of drug-likeness (QED) is 0.484. The molecule has 2 aromatic heterocycles. The van der Waals surface area contributed by atoms with Gasteiger partial charge in [-0.3, -0.25) is 4.57 Å². The van der Waals surface area contributed by atoms with E-state index in [4.69, 9.17) is 14.5 Å². The minimum atomic E-state index is -4.17. The summed E-state index contributed by atoms with van der Waals surface area (Å²) in [5, 5.41) is 3.07. The Labute approximate surface area is 127 Å². The number of hydrogen-bond acceptors (Lipinski definition) is 6. The van der Waals surface area contributed by atoms with Crippen LogP contribution in [-0.2, 0) is 15.8 Å². The van der Waals surface area contributed by atoms with Crippen molar-refractivity contribution in [3.8, 4) is 0 Å². The van der Waals surface area contributed by atoms with Gasteiger partial charge in [-0.15, -0.1) is 6.58 Å². The number of hydrogen-bond donors (Lipinski definition) is 3. The lowest BCUT2D eigenvalue weighted by Gasteiger charge is -2.14. The van der Waals surface area contributed by atoms with Crippen molar-refractivity contribution in [2.24, 2.45) is 0 Å². The fourth-order valence-electron chi connectivity index (χ4n) is 1.87. The van der Waals surface area contributed by atoms with Gasteiger partial charge in [0.1, 0.15) is 18.2 Å². The highest BCUT2D eigenvalue weighted by Crippen LogP contribution is 2.34. The Hall–Kier alpha value is -1.80. The van der Waals surface area contributed by atoms with E-state index in [9.17, 15) is 4.57 Å². The van der Waals surface area contributed by atoms with Gasteiger partial charge in [0.25, 0.3) is 0 Å². The second-order valence-electron chi connectivity index (χ2n) is 4.73. The van der Waals surface area contributed by atoms with Crippen LogP contribution in [0.4, 0.5) is 5.82 Å². The van der Waals surface area contributed by atoms with Gasteiger partial charge in [-0.1, -0.05) is 6.08 Å². The van der Waals surface area contributed by atoms with E-state index < -0.39 is 20.0 Å². The maximum atomic E-state index is 10.8. The summed E-state index contributed by atoms with van der Waals surface area (Å²) in [6.45, 7) is 6.28. The van der Waals surface area contributed by atoms with E-state index in [-0.39, 0.29) is 0 Å². The second-order valence-corrected chi connectivity index (χ2v) is 6.32. The zero-order chi connectivity index (χ0) is 16.2. The Morgan fingerprint density at radius 3 is 2.95 bits per heavy atom. The van der Waals surface area contributed by atoms with Crippen molar-refractivity contribution in [2.45, 2.75) is 19.6 Å². The minimum absolute atomic E-state index is 0.369. The molecule has 0 saturated heterocycles. The molecule has 0 aliphatic carbocycles. The molecule has 0 fully saturated rings. The van der Waals surface area contributed by atoms with Crippen molar-refractivity contribution in [3.05, 3.63) is 25.3 Å². The molecule has 10 heteroatoms. The first-order chi connectivity index (χ1) is 10.4. The van der Waals surface area contributed by atoms with Crippen LogP contribution in [0.3, 0.4) is 0 Å². The molecule has 0 unspecified atom stereocenters. The van der Waals surface area contributed by atoms with Crippen LogP contribution in [0.1, 0.15) is 6.92 Å². The van der Waals surface area contributed by atoms with E-state index in [0.29, 0.717) is 30.1 Å². The van der Waals surface area contributed by atoms with E-state index in [2.05, 4.69) is 26.8 Å². The average molecular weight is 327 g/mol. The highest BCUT2D eigenvalue weighted by Gasteiger charge is 2.17. The Balaban J connectivity index is 2.12. The van der Waals surface area contributed by atoms with Gasteiger partial charge in [-0.25, -0.2) is 15.0 Å². The smallest absolute Gasteiger partial charge is 0.350 e. The van der Waals surface area contributed by atoms with Gasteiger partial charge < -0.3 is 24.4 Å². The molecule has 2 aromatic rings. The first-order valence-corrected chi connectivity index (χ1v) is 8.37. The molecule has 0 saturated carbocycles. The van der Waals surface area contributed by atoms with Crippen molar-refractivity contribution in [1.82, 2.24) is 19.5 Å². The molecule has 0 radical (unpaired) electrons. The SMILES string of the molecule is C=CCNc1ncnc2c1ncn2C[C@H](C)OCP(=O)(O)O. The van der Waals surface area contributed by atoms with Crippen LogP contribution < -0.4 is 5.32 Å². The van der Waals surface area contributed by atoms with Crippen LogP contribution >= 0.6 is 7.60 Å². The van der Waals surface area contributed by atoms with Gasteiger partial charge >= 0.3 is 7.60 Å². The Kier molecular flexibility index (Phi) is 5.25. The summed E-state index contributed by atoms with van der Waals surface area (Å²) in [5.74, 6) is 0.604. The normalized spacial score (nSPS) is 13.2. The number of fused-ring (bicyclic) bond motifs is 1. The van der Waals surface area contributed by atoms with Gasteiger partial charge in [0.2, 0.25) is 0 Å². The van der Waals surface area contributed by atoms with Crippen molar-refractivity contribution in [3.63, 3.8) is 0 Å². The van der Waals surface area contributed by atoms with Crippen molar-refractivity contribution in [1.29, 1.82) is 0 Å². The molecule has 3 N–H and O–H groups in total. The van der Waals surface area contributed by atoms with Crippen molar-refractivity contribution < 1.29 is 19.1 Å². The zero-order valence-electron chi connectivity index (χ0n) is 12.1. The molecule has 0 amide bonds. The van der Waals surface area contributed by atoms with E-state index in [0.717, 1.165) is 0 Å². The molecule has 0 spiro atoms. The van der Waals surface area contributed by atoms with Gasteiger partial charge in [0, 0.05) is 6.54 Å². The van der Waals surface area contributed by atoms with Crippen LogP contribution in [0.15, 0.2) is 25.3 Å². The number of imidazole rings is 1. The van der Waals surface area contributed by atoms with E-state index >= 15 is 0 Å². The lowest BCUT2D eigenvalue weighted by molar-refractivity contribution is 0.0764. The number of aromatic nitrogens is 4. The summed E-state index contributed by atoms with van der Waals surface area (Å²) in [7, 11) is -4.17. The van der Waals surface area contributed by atoms with Crippen LogP contribution in [0.2, 0.25) is 0 Å². The molecule has 9 nitrogen and oxygen atoms in total. The van der Waals surface area contributed by atoms with E-state index in [1.807, 2.05) is 0 Å². The van der Waals surface area contributed by atoms with Gasteiger partial charge in [0.15, 0.2) is 11.5 Å². The molecule has 2 heterocycles. The molecular formula is C12H18N5O4P. The van der Waals surface area contributed by atoms with Crippen LogP contribution in [-0.4, -0.2) is 48.3 Å². The molecule has 0 aliphatic heterocycles. The van der Waals surface area contributed by atoms with Crippen LogP contribution in [0, 0.1) is 0 Å². The number of ether oxygens (including phenoxy) is 1. The Bertz CT molecular complexity index is 698. The summed E-state index contributed by atoms with van der Waals surface area (Å²) >= 11 is 0. The third kappa shape index (κ3) is 4.35. The summed E-state index contributed by atoms with van der Waals surface area (Å²) in [6.07, 6.45) is 3.72. The molecule has 0 aliphatic rings. The third-order valence-electron chi connectivity index (χ3n) is 2.80. The maximum Gasteiger partial charge on any atom is 0.350 e. The highest BCUT2D eigenvalue weighted by atomic mass is 31.2. The molecule has 1 atom stereocenters. The van der Waals surface area contributed by atoms with Gasteiger partial charge in [-0.05, 0) is 6.92 Å². The van der Waals surface area contributed by atoms with Gasteiger partial charge in [0.05, 0.1) is 19.0 Å². The highest BCUT2D eigenvalue weighted by molar-refractivity contribution is 7.51. The molecule has 0 aromatic carbocycles. The number of nitrogens with zero attached hydrogens (tertiary/aromatic N) is 4. The van der Waals surface area contributed by atoms with Gasteiger partial charge in [-0.2, -0.15) is 0 Å². The summed E-state index contributed by atoms with van der Waals surface area (Å²) in [4.78, 5) is 30.2. The number of rotatable bonds is 8. The number of anilines is 1. The summed E-state index contributed by atoms with van der Waals surface area (Å²) in [6, 6.07) is 0. The lowest BCUT2D eigenvalue weighted by atomic mass is 10.4. The topological polar surface area (TPSA) is 122 Å². The molecular weight excluding hydrogens is 309 g/mol. The fraction of sp³-hybridized carbons (Fsp3) is 0.417. The predicted octanol–water partition coefficient (Wildman–Crippen LogP) is 0.964. The molecule has 0 bridgehead atoms. The van der Waals surface area contributed by atoms with Crippen LogP contribution in [0.25, 0.3) is 11.2 Å². The Morgan fingerprint density at radius 2 is 2.27 bits per heavy atom. The van der Waals surface area contributed by atoms with E-state index in [1.165, 1.54) is 6.33 Å². The standard InChI is InChI=1S/C12H18N5O4P/c1-3-4-13-11-10-12(15-6-14-11)17(7-16-10)5-9(2)21-8-22(18,19)20/h3,6-7,9H,1,4-5,8H2,2H3,(H,13,14,15)(H2,18,19,20)/t9-/m0/s1. The fourth-order valence-corrected chi connectivity index (χ4v) is 2.32. The summed E-state index contributed by atoms with van der Waals surface area (Å²) in [5.41, 5.74) is 1.24. The monoisotopic (exact) mass is 327 g/mol. The lowest BCUT2D eigenvalue weighted by Crippen LogP contribution is -2.17. The minimum Gasteiger partial charge on any atom is -0.365 e. The largest absolute Gasteiger partial charge is 0.365 e. The molecule has 2 rings (SSSR count). The Morgan fingerprint density at radius 1 is 1.50 bits per heavy atom. The molecule has 22 heavy (non-hydrogen) atoms. The zero-order valence-corrected chi connectivity index (χ0v) is 13.0. The second kappa shape index (κ2) is 6.97. The average Bonchev–Trinajstić information content (AvgIpc) is 2.86. The third-order valence-corrected chi connectivity index (χ3v) is 3.28. The number of nitrogens with one attached hydrogen (secondary N) is 1. The van der Waals surface area contributed by atoms with E-state index in [1.54, 1.807) is 23.9 Å². The summed E-state index contributed by atoms with van der Waals surface area (Å²) < 4.78 is 17.7. The maximum absolute atomic E-state index is 10.8. The predicted molar refractivity (Wildman–Crippen MR) is 81.5 cm³/mol. The first-order valence-electron chi connectivity index (χ1n) is 6.57. The first kappa shape index (κ1) is 16.6. The van der Waals surface area contributed by atoms with Crippen molar-refractivity contribution >= 4 is 24.6 Å². The van der Waals surface area contributed by atoms with Crippen LogP contribution in [0.5, 0.6) is 0 Å². The molecule has 120 valence electrons.